The van der Waals surface area contributed by atoms with Gasteiger partial charge in [0, 0.05) is 19.4 Å². The number of hydrogen-bond acceptors (Lipinski definition) is 5. The third-order valence-corrected chi connectivity index (χ3v) is 10.5. The average Bonchev–Trinajstić information content (AvgIpc) is 3.24. The summed E-state index contributed by atoms with van der Waals surface area (Å²) in [4.78, 5) is 0.415. The van der Waals surface area contributed by atoms with E-state index in [9.17, 15) is 13.5 Å². The van der Waals surface area contributed by atoms with Crippen LogP contribution in [0.1, 0.15) is 52.5 Å². The maximum absolute atomic E-state index is 13.5. The summed E-state index contributed by atoms with van der Waals surface area (Å²) < 4.78 is 39.4. The summed E-state index contributed by atoms with van der Waals surface area (Å²) in [5.74, 6) is 1.02. The molecular formula is C28H42O5S. The Morgan fingerprint density at radius 1 is 1.03 bits per heavy atom. The third-order valence-electron chi connectivity index (χ3n) is 8.70. The normalized spacial score (nSPS) is 30.7. The minimum absolute atomic E-state index is 0.0316. The molecular weight excluding hydrogens is 448 g/mol. The SMILES string of the molecule is CC1=C[C@@H]2[C@H]([C@H](C)CO)CC3(C[C@@H]2[C@H]([C@H](CS(=O)(=O)c2ccc(C)cc2)C(C)C)C1)OCCO3. The molecule has 0 amide bonds. The lowest BCUT2D eigenvalue weighted by Gasteiger charge is -2.53. The maximum atomic E-state index is 13.5. The van der Waals surface area contributed by atoms with Crippen LogP contribution in [0.25, 0.3) is 0 Å². The molecule has 0 bridgehead atoms. The van der Waals surface area contributed by atoms with Crippen molar-refractivity contribution in [3.05, 3.63) is 41.5 Å². The number of aliphatic hydroxyl groups is 1. The van der Waals surface area contributed by atoms with Crippen molar-refractivity contribution in [2.45, 2.75) is 64.6 Å². The van der Waals surface area contributed by atoms with Crippen LogP contribution in [0.5, 0.6) is 0 Å². The average molecular weight is 491 g/mol. The number of sulfone groups is 1. The van der Waals surface area contributed by atoms with Crippen LogP contribution in [0.4, 0.5) is 0 Å². The first-order valence-corrected chi connectivity index (χ1v) is 14.6. The summed E-state index contributed by atoms with van der Waals surface area (Å²) >= 11 is 0. The van der Waals surface area contributed by atoms with Gasteiger partial charge in [-0.05, 0) is 73.8 Å². The number of ether oxygens (including phenoxy) is 2. The first kappa shape index (κ1) is 25.9. The van der Waals surface area contributed by atoms with E-state index in [1.807, 2.05) is 19.1 Å². The van der Waals surface area contributed by atoms with Crippen molar-refractivity contribution in [2.75, 3.05) is 25.6 Å². The number of hydrogen-bond donors (Lipinski definition) is 1. The number of fused-ring (bicyclic) bond motifs is 1. The first-order valence-electron chi connectivity index (χ1n) is 12.9. The fraction of sp³-hybridized carbons (Fsp3) is 0.714. The van der Waals surface area contributed by atoms with Crippen molar-refractivity contribution in [1.29, 1.82) is 0 Å². The molecule has 0 radical (unpaired) electrons. The number of aliphatic hydroxyl groups excluding tert-OH is 1. The molecule has 2 aliphatic carbocycles. The Kier molecular flexibility index (Phi) is 7.64. The molecule has 5 nitrogen and oxygen atoms in total. The van der Waals surface area contributed by atoms with Gasteiger partial charge in [-0.1, -0.05) is 50.1 Å². The second-order valence-electron chi connectivity index (χ2n) is 11.5. The van der Waals surface area contributed by atoms with Crippen molar-refractivity contribution in [1.82, 2.24) is 0 Å². The molecule has 4 rings (SSSR count). The van der Waals surface area contributed by atoms with E-state index in [0.29, 0.717) is 24.0 Å². The first-order chi connectivity index (χ1) is 16.0. The molecule has 1 spiro atoms. The highest BCUT2D eigenvalue weighted by Gasteiger charge is 2.54. The molecule has 1 saturated carbocycles. The Balaban J connectivity index is 1.69. The fourth-order valence-electron chi connectivity index (χ4n) is 6.82. The zero-order valence-electron chi connectivity index (χ0n) is 21.4. The molecule has 1 N–H and O–H groups in total. The number of benzene rings is 1. The van der Waals surface area contributed by atoms with Crippen LogP contribution >= 0.6 is 0 Å². The van der Waals surface area contributed by atoms with Crippen LogP contribution in [-0.4, -0.2) is 44.9 Å². The molecule has 1 aromatic rings. The molecule has 6 atom stereocenters. The van der Waals surface area contributed by atoms with E-state index in [1.54, 1.807) is 12.1 Å². The lowest BCUT2D eigenvalue weighted by molar-refractivity contribution is -0.218. The molecule has 0 unspecified atom stereocenters. The van der Waals surface area contributed by atoms with E-state index in [2.05, 4.69) is 33.8 Å². The molecule has 190 valence electrons. The smallest absolute Gasteiger partial charge is 0.178 e. The number of aryl methyl sites for hydroxylation is 1. The van der Waals surface area contributed by atoms with Gasteiger partial charge in [0.15, 0.2) is 15.6 Å². The highest BCUT2D eigenvalue weighted by atomic mass is 32.2. The molecule has 3 aliphatic rings. The number of allylic oxidation sites excluding steroid dienone is 2. The monoisotopic (exact) mass is 490 g/mol. The topological polar surface area (TPSA) is 72.8 Å². The molecule has 1 aromatic carbocycles. The second kappa shape index (κ2) is 10.0. The quantitative estimate of drug-likeness (QED) is 0.543. The minimum Gasteiger partial charge on any atom is -0.396 e. The van der Waals surface area contributed by atoms with Gasteiger partial charge in [0.2, 0.25) is 0 Å². The predicted molar refractivity (Wildman–Crippen MR) is 134 cm³/mol. The minimum atomic E-state index is -3.41. The van der Waals surface area contributed by atoms with Crippen molar-refractivity contribution in [3.63, 3.8) is 0 Å². The van der Waals surface area contributed by atoms with Gasteiger partial charge in [-0.3, -0.25) is 0 Å². The highest BCUT2D eigenvalue weighted by molar-refractivity contribution is 7.91. The van der Waals surface area contributed by atoms with Gasteiger partial charge in [-0.2, -0.15) is 0 Å². The highest BCUT2D eigenvalue weighted by Crippen LogP contribution is 2.55. The van der Waals surface area contributed by atoms with Crippen LogP contribution in [0, 0.1) is 48.3 Å². The van der Waals surface area contributed by atoms with Gasteiger partial charge in [0.25, 0.3) is 0 Å². The second-order valence-corrected chi connectivity index (χ2v) is 13.5. The Bertz CT molecular complexity index is 975. The van der Waals surface area contributed by atoms with Gasteiger partial charge >= 0.3 is 0 Å². The summed E-state index contributed by atoms with van der Waals surface area (Å²) in [6, 6.07) is 7.24. The Labute approximate surface area is 205 Å². The standard InChI is InChI=1S/C28H42O5S/c1-18(2)27(17-34(30,31)22-8-6-19(3)7-9-22)24-13-20(4)12-23-25(21(5)16-29)14-28(15-26(23)24)32-10-11-33-28/h6-9,12,18,21,23-27,29H,10-11,13-17H2,1-5H3/t21-,23-,24-,25+,26+,27-/m1/s1. The van der Waals surface area contributed by atoms with E-state index < -0.39 is 15.6 Å². The van der Waals surface area contributed by atoms with Gasteiger partial charge in [0.1, 0.15) is 0 Å². The van der Waals surface area contributed by atoms with Crippen LogP contribution in [0.3, 0.4) is 0 Å². The van der Waals surface area contributed by atoms with Crippen molar-refractivity contribution >= 4 is 9.84 Å². The predicted octanol–water partition coefficient (Wildman–Crippen LogP) is 5.02. The molecule has 0 aromatic heterocycles. The summed E-state index contributed by atoms with van der Waals surface area (Å²) in [6.07, 6.45) is 4.91. The lowest BCUT2D eigenvalue weighted by Crippen LogP contribution is -2.51. The molecule has 1 aliphatic heterocycles. The van der Waals surface area contributed by atoms with Gasteiger partial charge in [-0.25, -0.2) is 8.42 Å². The zero-order valence-corrected chi connectivity index (χ0v) is 22.2. The van der Waals surface area contributed by atoms with Crippen molar-refractivity contribution in [2.24, 2.45) is 41.4 Å². The maximum Gasteiger partial charge on any atom is 0.178 e. The van der Waals surface area contributed by atoms with Crippen molar-refractivity contribution < 1.29 is 23.0 Å². The Morgan fingerprint density at radius 3 is 2.26 bits per heavy atom. The molecule has 6 heteroatoms. The van der Waals surface area contributed by atoms with E-state index >= 15 is 0 Å². The summed E-state index contributed by atoms with van der Waals surface area (Å²) in [5, 5.41) is 10.1. The molecule has 1 heterocycles. The van der Waals surface area contributed by atoms with Crippen LogP contribution in [-0.2, 0) is 19.3 Å². The van der Waals surface area contributed by atoms with E-state index in [-0.39, 0.29) is 47.9 Å². The lowest BCUT2D eigenvalue weighted by atomic mass is 9.56. The summed E-state index contributed by atoms with van der Waals surface area (Å²) in [6.45, 7) is 11.9. The van der Waals surface area contributed by atoms with Crippen molar-refractivity contribution in [3.8, 4) is 0 Å². The van der Waals surface area contributed by atoms with Crippen LogP contribution in [0.2, 0.25) is 0 Å². The third kappa shape index (κ3) is 5.16. The summed E-state index contributed by atoms with van der Waals surface area (Å²) in [5.41, 5.74) is 2.40. The van der Waals surface area contributed by atoms with Crippen LogP contribution in [0.15, 0.2) is 40.8 Å². The molecule has 2 fully saturated rings. The van der Waals surface area contributed by atoms with Gasteiger partial charge in [-0.15, -0.1) is 0 Å². The van der Waals surface area contributed by atoms with Crippen LogP contribution < -0.4 is 0 Å². The Hall–Kier alpha value is -1.21. The van der Waals surface area contributed by atoms with E-state index in [4.69, 9.17) is 9.47 Å². The van der Waals surface area contributed by atoms with E-state index in [0.717, 1.165) is 24.8 Å². The summed E-state index contributed by atoms with van der Waals surface area (Å²) in [7, 11) is -3.41. The Morgan fingerprint density at radius 2 is 1.68 bits per heavy atom. The molecule has 1 saturated heterocycles. The van der Waals surface area contributed by atoms with Gasteiger partial charge < -0.3 is 14.6 Å². The largest absolute Gasteiger partial charge is 0.396 e. The molecule has 34 heavy (non-hydrogen) atoms. The fourth-order valence-corrected chi connectivity index (χ4v) is 8.70. The van der Waals surface area contributed by atoms with Gasteiger partial charge in [0.05, 0.1) is 23.9 Å². The van der Waals surface area contributed by atoms with E-state index in [1.165, 1.54) is 5.57 Å². The number of rotatable bonds is 7. The zero-order chi connectivity index (χ0) is 24.7.